The van der Waals surface area contributed by atoms with Gasteiger partial charge in [0.15, 0.2) is 5.96 Å². The van der Waals surface area contributed by atoms with E-state index < -0.39 is 0 Å². The Hall–Kier alpha value is -1.07. The normalized spacial score (nSPS) is 17.4. The molecule has 5 heteroatoms. The van der Waals surface area contributed by atoms with E-state index in [0.717, 1.165) is 45.0 Å². The molecule has 1 fully saturated rings. The highest BCUT2D eigenvalue weighted by atomic mass is 32.1. The van der Waals surface area contributed by atoms with Gasteiger partial charge in [0.2, 0.25) is 0 Å². The molecule has 0 saturated heterocycles. The second-order valence-electron chi connectivity index (χ2n) is 6.40. The number of methoxy groups -OCH3 is 1. The second-order valence-corrected chi connectivity index (χ2v) is 7.43. The number of ether oxygens (including phenoxy) is 1. The molecule has 2 rings (SSSR count). The molecule has 0 bridgehead atoms. The number of hydrogen-bond acceptors (Lipinski definition) is 3. The van der Waals surface area contributed by atoms with Crippen LogP contribution >= 0.6 is 11.3 Å². The summed E-state index contributed by atoms with van der Waals surface area (Å²) in [4.78, 5) is 6.30. The van der Waals surface area contributed by atoms with Crippen molar-refractivity contribution in [3.8, 4) is 0 Å². The summed E-state index contributed by atoms with van der Waals surface area (Å²) in [7, 11) is 1.79. The SMILES string of the molecule is CCNC(=NCC1(CCOC)CCCC1)NCCc1cccs1. The predicted octanol–water partition coefficient (Wildman–Crippen LogP) is 3.44. The molecule has 1 aromatic rings. The van der Waals surface area contributed by atoms with Gasteiger partial charge in [-0.15, -0.1) is 11.3 Å². The smallest absolute Gasteiger partial charge is 0.191 e. The van der Waals surface area contributed by atoms with E-state index >= 15 is 0 Å². The van der Waals surface area contributed by atoms with Crippen LogP contribution in [0.15, 0.2) is 22.5 Å². The van der Waals surface area contributed by atoms with Crippen molar-refractivity contribution in [1.82, 2.24) is 10.6 Å². The van der Waals surface area contributed by atoms with Gasteiger partial charge in [-0.05, 0) is 49.5 Å². The number of nitrogens with zero attached hydrogens (tertiary/aromatic N) is 1. The fraction of sp³-hybridized carbons (Fsp3) is 0.722. The van der Waals surface area contributed by atoms with Gasteiger partial charge in [0.1, 0.15) is 0 Å². The first kappa shape index (κ1) is 18.3. The molecule has 1 aliphatic rings. The lowest BCUT2D eigenvalue weighted by Gasteiger charge is -2.27. The Labute approximate surface area is 144 Å². The molecular formula is C18H31N3OS. The molecule has 0 aromatic carbocycles. The highest BCUT2D eigenvalue weighted by Crippen LogP contribution is 2.41. The van der Waals surface area contributed by atoms with Crippen LogP contribution in [-0.2, 0) is 11.2 Å². The van der Waals surface area contributed by atoms with Gasteiger partial charge >= 0.3 is 0 Å². The van der Waals surface area contributed by atoms with E-state index in [9.17, 15) is 0 Å². The maximum Gasteiger partial charge on any atom is 0.191 e. The lowest BCUT2D eigenvalue weighted by molar-refractivity contribution is 0.141. The van der Waals surface area contributed by atoms with Gasteiger partial charge in [0, 0.05) is 38.2 Å². The lowest BCUT2D eigenvalue weighted by atomic mass is 9.83. The number of hydrogen-bond donors (Lipinski definition) is 2. The molecule has 1 heterocycles. The van der Waals surface area contributed by atoms with Gasteiger partial charge in [-0.1, -0.05) is 18.9 Å². The Bertz CT molecular complexity index is 453. The van der Waals surface area contributed by atoms with Crippen LogP contribution in [0.3, 0.4) is 0 Å². The topological polar surface area (TPSA) is 45.7 Å². The third kappa shape index (κ3) is 6.15. The summed E-state index contributed by atoms with van der Waals surface area (Å²) < 4.78 is 5.31. The molecule has 0 spiro atoms. The minimum Gasteiger partial charge on any atom is -0.385 e. The molecule has 1 aromatic heterocycles. The van der Waals surface area contributed by atoms with Gasteiger partial charge in [0.05, 0.1) is 0 Å². The molecule has 0 aliphatic heterocycles. The number of guanidine groups is 1. The zero-order valence-electron chi connectivity index (χ0n) is 14.6. The second kappa shape index (κ2) is 9.93. The molecule has 1 saturated carbocycles. The molecule has 0 atom stereocenters. The van der Waals surface area contributed by atoms with Crippen molar-refractivity contribution < 1.29 is 4.74 Å². The van der Waals surface area contributed by atoms with E-state index in [1.807, 2.05) is 11.3 Å². The van der Waals surface area contributed by atoms with Crippen LogP contribution in [0.2, 0.25) is 0 Å². The van der Waals surface area contributed by atoms with Crippen LogP contribution in [0.5, 0.6) is 0 Å². The van der Waals surface area contributed by atoms with E-state index in [4.69, 9.17) is 9.73 Å². The summed E-state index contributed by atoms with van der Waals surface area (Å²) in [5.41, 5.74) is 0.353. The lowest BCUT2D eigenvalue weighted by Crippen LogP contribution is -2.39. The van der Waals surface area contributed by atoms with Gasteiger partial charge < -0.3 is 15.4 Å². The predicted molar refractivity (Wildman–Crippen MR) is 99.4 cm³/mol. The van der Waals surface area contributed by atoms with E-state index in [2.05, 4.69) is 35.1 Å². The fourth-order valence-corrected chi connectivity index (χ4v) is 3.99. The summed E-state index contributed by atoms with van der Waals surface area (Å²) in [6, 6.07) is 4.30. The third-order valence-corrected chi connectivity index (χ3v) is 5.60. The highest BCUT2D eigenvalue weighted by molar-refractivity contribution is 7.09. The largest absolute Gasteiger partial charge is 0.385 e. The molecule has 2 N–H and O–H groups in total. The maximum atomic E-state index is 5.31. The molecule has 4 nitrogen and oxygen atoms in total. The van der Waals surface area contributed by atoms with Crippen molar-refractivity contribution in [3.05, 3.63) is 22.4 Å². The Morgan fingerprint density at radius 1 is 1.35 bits per heavy atom. The Morgan fingerprint density at radius 3 is 2.83 bits per heavy atom. The minimum absolute atomic E-state index is 0.353. The number of nitrogens with one attached hydrogen (secondary N) is 2. The van der Waals surface area contributed by atoms with Crippen molar-refractivity contribution in [2.24, 2.45) is 10.4 Å². The van der Waals surface area contributed by atoms with E-state index in [-0.39, 0.29) is 0 Å². The van der Waals surface area contributed by atoms with E-state index in [0.29, 0.717) is 5.41 Å². The summed E-state index contributed by atoms with van der Waals surface area (Å²) in [6.07, 6.45) is 7.42. The molecular weight excluding hydrogens is 306 g/mol. The zero-order chi connectivity index (χ0) is 16.4. The van der Waals surface area contributed by atoms with E-state index in [1.54, 1.807) is 7.11 Å². The van der Waals surface area contributed by atoms with Crippen LogP contribution in [0.1, 0.15) is 43.9 Å². The molecule has 0 amide bonds. The molecule has 0 unspecified atom stereocenters. The molecule has 23 heavy (non-hydrogen) atoms. The van der Waals surface area contributed by atoms with Crippen molar-refractivity contribution in [2.75, 3.05) is 33.4 Å². The summed E-state index contributed by atoms with van der Waals surface area (Å²) >= 11 is 1.82. The monoisotopic (exact) mass is 337 g/mol. The van der Waals surface area contributed by atoms with Gasteiger partial charge in [0.25, 0.3) is 0 Å². The molecule has 0 radical (unpaired) electrons. The quantitative estimate of drug-likeness (QED) is 0.536. The van der Waals surface area contributed by atoms with Crippen molar-refractivity contribution in [1.29, 1.82) is 0 Å². The van der Waals surface area contributed by atoms with Crippen LogP contribution < -0.4 is 10.6 Å². The Kier molecular flexibility index (Phi) is 7.89. The molecule has 1 aliphatic carbocycles. The average Bonchev–Trinajstić information content (AvgIpc) is 3.23. The summed E-state index contributed by atoms with van der Waals surface area (Å²) in [6.45, 7) is 5.70. The first-order valence-corrected chi connectivity index (χ1v) is 9.69. The Balaban J connectivity index is 1.85. The maximum absolute atomic E-state index is 5.31. The van der Waals surface area contributed by atoms with E-state index in [1.165, 1.54) is 30.6 Å². The Morgan fingerprint density at radius 2 is 2.17 bits per heavy atom. The minimum atomic E-state index is 0.353. The molecule has 130 valence electrons. The van der Waals surface area contributed by atoms with Crippen LogP contribution in [0.25, 0.3) is 0 Å². The standard InChI is InChI=1S/C18H31N3OS/c1-3-19-17(20-12-8-16-7-6-14-23-16)21-15-18(11-13-22-2)9-4-5-10-18/h6-7,14H,3-5,8-13,15H2,1-2H3,(H2,19,20,21). The van der Waals surface area contributed by atoms with Gasteiger partial charge in [-0.2, -0.15) is 0 Å². The van der Waals surface area contributed by atoms with Gasteiger partial charge in [-0.25, -0.2) is 0 Å². The van der Waals surface area contributed by atoms with Crippen LogP contribution in [0, 0.1) is 5.41 Å². The third-order valence-electron chi connectivity index (χ3n) is 4.66. The number of thiophene rings is 1. The number of rotatable bonds is 9. The van der Waals surface area contributed by atoms with Crippen molar-refractivity contribution >= 4 is 17.3 Å². The van der Waals surface area contributed by atoms with Crippen LogP contribution in [-0.4, -0.2) is 39.3 Å². The zero-order valence-corrected chi connectivity index (χ0v) is 15.4. The highest BCUT2D eigenvalue weighted by Gasteiger charge is 2.33. The average molecular weight is 338 g/mol. The summed E-state index contributed by atoms with van der Waals surface area (Å²) in [5, 5.41) is 8.97. The summed E-state index contributed by atoms with van der Waals surface area (Å²) in [5.74, 6) is 0.952. The fourth-order valence-electron chi connectivity index (χ4n) is 3.28. The van der Waals surface area contributed by atoms with Crippen molar-refractivity contribution in [2.45, 2.75) is 45.4 Å². The van der Waals surface area contributed by atoms with Crippen LogP contribution in [0.4, 0.5) is 0 Å². The first-order valence-electron chi connectivity index (χ1n) is 8.81. The van der Waals surface area contributed by atoms with Crippen molar-refractivity contribution in [3.63, 3.8) is 0 Å². The van der Waals surface area contributed by atoms with Gasteiger partial charge in [-0.3, -0.25) is 4.99 Å². The first-order chi connectivity index (χ1) is 11.3. The number of aliphatic imine (C=N–C) groups is 1.